The van der Waals surface area contributed by atoms with Crippen LogP contribution >= 0.6 is 34.5 Å². The second-order valence-electron chi connectivity index (χ2n) is 3.97. The Bertz CT molecular complexity index is 542. The van der Waals surface area contributed by atoms with Gasteiger partial charge in [0.25, 0.3) is 0 Å². The zero-order valence-electron chi connectivity index (χ0n) is 10.1. The number of halogens is 2. The highest BCUT2D eigenvalue weighted by atomic mass is 35.5. The number of rotatable bonds is 4. The molecule has 0 aliphatic carbocycles. The van der Waals surface area contributed by atoms with Crippen molar-refractivity contribution < 1.29 is 0 Å². The molecule has 0 bridgehead atoms. The van der Waals surface area contributed by atoms with Crippen LogP contribution in [0.3, 0.4) is 0 Å². The van der Waals surface area contributed by atoms with Crippen molar-refractivity contribution in [2.24, 2.45) is 0 Å². The molecule has 0 saturated heterocycles. The Morgan fingerprint density at radius 1 is 1.28 bits per heavy atom. The molecule has 1 atom stereocenters. The van der Waals surface area contributed by atoms with Gasteiger partial charge in [-0.05, 0) is 31.7 Å². The Morgan fingerprint density at radius 2 is 2.06 bits per heavy atom. The summed E-state index contributed by atoms with van der Waals surface area (Å²) in [7, 11) is 1.91. The van der Waals surface area contributed by atoms with Gasteiger partial charge in [0.2, 0.25) is 0 Å². The average Bonchev–Trinajstić information content (AvgIpc) is 2.81. The summed E-state index contributed by atoms with van der Waals surface area (Å²) in [6.45, 7) is 2.06. The zero-order chi connectivity index (χ0) is 13.1. The number of benzene rings is 1. The highest BCUT2D eigenvalue weighted by molar-refractivity contribution is 7.11. The molecule has 6 heteroatoms. The van der Waals surface area contributed by atoms with Gasteiger partial charge in [0.15, 0.2) is 0 Å². The van der Waals surface area contributed by atoms with Gasteiger partial charge in [-0.25, -0.2) is 0 Å². The third-order valence-electron chi connectivity index (χ3n) is 2.63. The first-order valence-electron chi connectivity index (χ1n) is 5.53. The predicted molar refractivity (Wildman–Crippen MR) is 76.7 cm³/mol. The molecular weight excluding hydrogens is 289 g/mol. The van der Waals surface area contributed by atoms with Crippen LogP contribution in [0.1, 0.15) is 28.5 Å². The first-order chi connectivity index (χ1) is 8.60. The fourth-order valence-corrected chi connectivity index (χ4v) is 2.72. The van der Waals surface area contributed by atoms with Crippen molar-refractivity contribution in [3.63, 3.8) is 0 Å². The van der Waals surface area contributed by atoms with E-state index in [4.69, 9.17) is 23.2 Å². The quantitative estimate of drug-likeness (QED) is 0.935. The van der Waals surface area contributed by atoms with Crippen molar-refractivity contribution in [2.75, 3.05) is 7.05 Å². The number of hydrogen-bond acceptors (Lipinski definition) is 4. The van der Waals surface area contributed by atoms with E-state index in [1.807, 2.05) is 19.2 Å². The van der Waals surface area contributed by atoms with E-state index in [1.165, 1.54) is 0 Å². The van der Waals surface area contributed by atoms with Gasteiger partial charge in [-0.1, -0.05) is 40.6 Å². The summed E-state index contributed by atoms with van der Waals surface area (Å²) < 4.78 is 0. The van der Waals surface area contributed by atoms with Crippen LogP contribution in [-0.4, -0.2) is 17.2 Å². The van der Waals surface area contributed by atoms with Crippen molar-refractivity contribution in [2.45, 2.75) is 19.4 Å². The van der Waals surface area contributed by atoms with E-state index in [0.29, 0.717) is 10.0 Å². The van der Waals surface area contributed by atoms with Gasteiger partial charge in [0.1, 0.15) is 10.0 Å². The van der Waals surface area contributed by atoms with Crippen LogP contribution in [0.25, 0.3) is 0 Å². The largest absolute Gasteiger partial charge is 0.311 e. The fourth-order valence-electron chi connectivity index (χ4n) is 1.46. The highest BCUT2D eigenvalue weighted by Crippen LogP contribution is 2.25. The molecule has 2 rings (SSSR count). The summed E-state index contributed by atoms with van der Waals surface area (Å²) in [4.78, 5) is 0. The maximum Gasteiger partial charge on any atom is 0.134 e. The van der Waals surface area contributed by atoms with Gasteiger partial charge in [-0.3, -0.25) is 0 Å². The minimum absolute atomic E-state index is 0.227. The second kappa shape index (κ2) is 5.97. The predicted octanol–water partition coefficient (Wildman–Crippen LogP) is 3.72. The third kappa shape index (κ3) is 3.20. The maximum absolute atomic E-state index is 5.98. The molecule has 3 nitrogen and oxygen atoms in total. The van der Waals surface area contributed by atoms with E-state index in [0.717, 1.165) is 22.0 Å². The van der Waals surface area contributed by atoms with Gasteiger partial charge in [0.05, 0.1) is 16.1 Å². The Hall–Kier alpha value is -0.680. The van der Waals surface area contributed by atoms with Crippen molar-refractivity contribution in [3.8, 4) is 0 Å². The molecule has 18 heavy (non-hydrogen) atoms. The summed E-state index contributed by atoms with van der Waals surface area (Å²) in [5, 5.41) is 14.6. The summed E-state index contributed by atoms with van der Waals surface area (Å²) in [5.41, 5.74) is 1.09. The van der Waals surface area contributed by atoms with Gasteiger partial charge >= 0.3 is 0 Å². The first-order valence-corrected chi connectivity index (χ1v) is 7.11. The number of hydrogen-bond donors (Lipinski definition) is 1. The SMILES string of the molecule is CNC(C)c1nnc(Cc2ccc(Cl)c(Cl)c2)s1. The van der Waals surface area contributed by atoms with E-state index >= 15 is 0 Å². The minimum atomic E-state index is 0.227. The Morgan fingerprint density at radius 3 is 2.72 bits per heavy atom. The second-order valence-corrected chi connectivity index (χ2v) is 5.88. The van der Waals surface area contributed by atoms with Crippen molar-refractivity contribution in [1.82, 2.24) is 15.5 Å². The van der Waals surface area contributed by atoms with Crippen LogP contribution in [0.2, 0.25) is 10.0 Å². The molecule has 2 aromatic rings. The lowest BCUT2D eigenvalue weighted by Gasteiger charge is -2.03. The monoisotopic (exact) mass is 301 g/mol. The Balaban J connectivity index is 2.13. The summed E-state index contributed by atoms with van der Waals surface area (Å²) in [6.07, 6.45) is 0.727. The molecule has 0 saturated carbocycles. The van der Waals surface area contributed by atoms with Crippen LogP contribution in [0, 0.1) is 0 Å². The van der Waals surface area contributed by atoms with Gasteiger partial charge in [0, 0.05) is 6.42 Å². The highest BCUT2D eigenvalue weighted by Gasteiger charge is 2.10. The van der Waals surface area contributed by atoms with Crippen LogP contribution in [0.15, 0.2) is 18.2 Å². The molecule has 0 fully saturated rings. The summed E-state index contributed by atoms with van der Waals surface area (Å²) in [5.74, 6) is 0. The molecule has 1 heterocycles. The van der Waals surface area contributed by atoms with Crippen molar-refractivity contribution >= 4 is 34.5 Å². The number of nitrogens with one attached hydrogen (secondary N) is 1. The topological polar surface area (TPSA) is 37.8 Å². The number of aromatic nitrogens is 2. The lowest BCUT2D eigenvalue weighted by Crippen LogP contribution is -2.11. The van der Waals surface area contributed by atoms with Crippen molar-refractivity contribution in [3.05, 3.63) is 43.8 Å². The van der Waals surface area contributed by atoms with Crippen LogP contribution in [0.5, 0.6) is 0 Å². The standard InChI is InChI=1S/C12H13Cl2N3S/c1-7(15-2)12-17-16-11(18-12)6-8-3-4-9(13)10(14)5-8/h3-5,7,15H,6H2,1-2H3. The number of nitrogens with zero attached hydrogens (tertiary/aromatic N) is 2. The molecule has 0 spiro atoms. The first kappa shape index (κ1) is 13.7. The van der Waals surface area contributed by atoms with E-state index in [-0.39, 0.29) is 6.04 Å². The maximum atomic E-state index is 5.98. The van der Waals surface area contributed by atoms with Crippen LogP contribution < -0.4 is 5.32 Å². The van der Waals surface area contributed by atoms with Gasteiger partial charge in [-0.2, -0.15) is 0 Å². The Labute approximate surface area is 120 Å². The van der Waals surface area contributed by atoms with Gasteiger partial charge < -0.3 is 5.32 Å². The van der Waals surface area contributed by atoms with E-state index in [1.54, 1.807) is 17.4 Å². The molecule has 0 amide bonds. The van der Waals surface area contributed by atoms with Crippen molar-refractivity contribution in [1.29, 1.82) is 0 Å². The fraction of sp³-hybridized carbons (Fsp3) is 0.333. The third-order valence-corrected chi connectivity index (χ3v) is 4.47. The molecule has 1 unspecified atom stereocenters. The molecular formula is C12H13Cl2N3S. The van der Waals surface area contributed by atoms with Gasteiger partial charge in [-0.15, -0.1) is 10.2 Å². The molecule has 1 N–H and O–H groups in total. The normalized spacial score (nSPS) is 12.7. The van der Waals surface area contributed by atoms with Crippen LogP contribution in [-0.2, 0) is 6.42 Å². The zero-order valence-corrected chi connectivity index (χ0v) is 12.4. The van der Waals surface area contributed by atoms with E-state index in [9.17, 15) is 0 Å². The summed E-state index contributed by atoms with van der Waals surface area (Å²) >= 11 is 13.5. The average molecular weight is 302 g/mol. The minimum Gasteiger partial charge on any atom is -0.311 e. The van der Waals surface area contributed by atoms with E-state index < -0.39 is 0 Å². The van der Waals surface area contributed by atoms with E-state index in [2.05, 4.69) is 22.4 Å². The molecule has 0 aliphatic rings. The Kier molecular flexibility index (Phi) is 4.56. The smallest absolute Gasteiger partial charge is 0.134 e. The molecule has 1 aromatic carbocycles. The molecule has 1 aromatic heterocycles. The molecule has 96 valence electrons. The molecule has 0 radical (unpaired) electrons. The summed E-state index contributed by atoms with van der Waals surface area (Å²) in [6, 6.07) is 5.85. The molecule has 0 aliphatic heterocycles. The lowest BCUT2D eigenvalue weighted by atomic mass is 10.2. The van der Waals surface area contributed by atoms with Crippen LogP contribution in [0.4, 0.5) is 0 Å². The lowest BCUT2D eigenvalue weighted by molar-refractivity contribution is 0.639.